The molecule has 0 saturated heterocycles. The number of benzene rings is 2. The number of hydrogen-bond donors (Lipinski definition) is 0. The molecule has 0 spiro atoms. The van der Waals surface area contributed by atoms with Crippen LogP contribution >= 0.6 is 0 Å². The van der Waals surface area contributed by atoms with Gasteiger partial charge in [0.25, 0.3) is 0 Å². The Morgan fingerprint density at radius 1 is 0.406 bits per heavy atom. The van der Waals surface area contributed by atoms with Gasteiger partial charge in [-0.2, -0.15) is 0 Å². The SMILES string of the molecule is CCCCCCCCCCCCCCCC[CH2][Ni][CH2]CCCCCCCCCCCCCCCC.CCCCCCc1cccc(C(=CC(=C=[N+]=[N-])CCCCC)c2cccc(CCCCC)c2)c1. The van der Waals surface area contributed by atoms with E-state index in [2.05, 4.69) is 99.9 Å². The molecule has 0 N–H and O–H groups in total. The number of nitrogens with zero attached hydrogens (tertiary/aromatic N) is 2. The summed E-state index contributed by atoms with van der Waals surface area (Å²) in [5.41, 5.74) is 16.6. The van der Waals surface area contributed by atoms with Gasteiger partial charge in [0, 0.05) is 0 Å². The second-order valence-electron chi connectivity index (χ2n) is 20.8. The summed E-state index contributed by atoms with van der Waals surface area (Å²) in [6.07, 6.45) is 61.8. The molecule has 2 aromatic carbocycles. The average Bonchev–Trinajstić information content (AvgIpc) is 3.36. The van der Waals surface area contributed by atoms with Crippen molar-refractivity contribution < 1.29 is 19.2 Å². The molecule has 2 nitrogen and oxygen atoms in total. The average molecular weight is 994 g/mol. The number of aryl methyl sites for hydroxylation is 2. The summed E-state index contributed by atoms with van der Waals surface area (Å²) in [5.74, 6) is 2.85. The molecule has 0 amide bonds. The minimum absolute atomic E-state index is 0.869. The van der Waals surface area contributed by atoms with E-state index in [-0.39, 0.29) is 0 Å². The molecule has 0 unspecified atom stereocenters. The predicted molar refractivity (Wildman–Crippen MR) is 307 cm³/mol. The maximum absolute atomic E-state index is 9.26. The fourth-order valence-electron chi connectivity index (χ4n) is 9.56. The van der Waals surface area contributed by atoms with Crippen LogP contribution in [0.25, 0.3) is 11.1 Å². The van der Waals surface area contributed by atoms with Crippen molar-refractivity contribution in [2.75, 3.05) is 0 Å². The first kappa shape index (κ1) is 64.8. The van der Waals surface area contributed by atoms with Crippen molar-refractivity contribution in [3.63, 3.8) is 0 Å². The Morgan fingerprint density at radius 3 is 1.07 bits per heavy atom. The van der Waals surface area contributed by atoms with Gasteiger partial charge in [0.15, 0.2) is 0 Å². The Bertz CT molecular complexity index is 1480. The topological polar surface area (TPSA) is 36.4 Å². The van der Waals surface area contributed by atoms with E-state index < -0.39 is 0 Å². The molecular formula is C66H114N2Ni. The van der Waals surface area contributed by atoms with Crippen molar-refractivity contribution in [1.29, 1.82) is 0 Å². The van der Waals surface area contributed by atoms with E-state index >= 15 is 0 Å². The molecule has 0 aromatic heterocycles. The van der Waals surface area contributed by atoms with Gasteiger partial charge < -0.3 is 5.53 Å². The monoisotopic (exact) mass is 993 g/mol. The van der Waals surface area contributed by atoms with Crippen molar-refractivity contribution in [2.24, 2.45) is 0 Å². The van der Waals surface area contributed by atoms with Crippen molar-refractivity contribution >= 4 is 11.4 Å². The number of unbranched alkanes of at least 4 members (excludes halogenated alkanes) is 35. The molecule has 0 aliphatic carbocycles. The molecule has 0 atom stereocenters. The summed E-state index contributed by atoms with van der Waals surface area (Å²) in [7, 11) is 0. The molecule has 3 heteroatoms. The minimum atomic E-state index is 0.869. The van der Waals surface area contributed by atoms with E-state index in [1.165, 1.54) is 289 Å². The third-order valence-electron chi connectivity index (χ3n) is 14.1. The summed E-state index contributed by atoms with van der Waals surface area (Å²) >= 11 is 2.04. The van der Waals surface area contributed by atoms with Crippen LogP contribution in [-0.2, 0) is 27.3 Å². The molecule has 0 bridgehead atoms. The van der Waals surface area contributed by atoms with Gasteiger partial charge in [-0.3, -0.25) is 0 Å². The fourth-order valence-corrected chi connectivity index (χ4v) is 10.8. The summed E-state index contributed by atoms with van der Waals surface area (Å²) in [6.45, 7) is 11.3. The van der Waals surface area contributed by atoms with Gasteiger partial charge in [0.1, 0.15) is 0 Å². The van der Waals surface area contributed by atoms with Crippen molar-refractivity contribution in [2.45, 2.75) is 321 Å². The maximum atomic E-state index is 9.26. The van der Waals surface area contributed by atoms with Crippen LogP contribution in [-0.4, -0.2) is 10.7 Å². The van der Waals surface area contributed by atoms with Gasteiger partial charge in [-0.05, 0) is 72.4 Å². The van der Waals surface area contributed by atoms with Crippen LogP contribution in [0, 0.1) is 0 Å². The Kier molecular flexibility index (Phi) is 49.0. The zero-order chi connectivity index (χ0) is 49.8. The van der Waals surface area contributed by atoms with Crippen LogP contribution in [0.1, 0.15) is 320 Å². The summed E-state index contributed by atoms with van der Waals surface area (Å²) in [5, 5.41) is 2.87. The summed E-state index contributed by atoms with van der Waals surface area (Å²) in [6, 6.07) is 18.0. The third kappa shape index (κ3) is 41.1. The van der Waals surface area contributed by atoms with Gasteiger partial charge in [-0.15, -0.1) is 4.79 Å². The standard InChI is InChI=1S/C32H44N2.2C17H35.Ni/c1-4-7-10-13-17-28-20-15-22-31(24-28)32(25-29(26-34-33)18-12-9-6-3)30-21-14-19-27(23-30)16-11-8-5-2;2*1-3-5-7-9-11-13-15-17-16-14-12-10-8-6-4-2;/h14-15,19-25H,4-13,16-18H2,1-3H3;2*1,3-17H2,2H3;. The molecule has 2 rings (SSSR count). The van der Waals surface area contributed by atoms with E-state index in [0.29, 0.717) is 0 Å². The Morgan fingerprint density at radius 2 is 0.710 bits per heavy atom. The molecule has 0 radical (unpaired) electrons. The van der Waals surface area contributed by atoms with E-state index in [9.17, 15) is 5.53 Å². The Labute approximate surface area is 437 Å². The Balaban J connectivity index is 0.000000690. The van der Waals surface area contributed by atoms with Gasteiger partial charge in [0.05, 0.1) is 5.57 Å². The quantitative estimate of drug-likeness (QED) is 0.0158. The molecule has 0 aliphatic heterocycles. The Hall–Kier alpha value is -2.17. The van der Waals surface area contributed by atoms with E-state index in [0.717, 1.165) is 31.3 Å². The first-order valence-corrected chi connectivity index (χ1v) is 31.8. The first-order valence-electron chi connectivity index (χ1n) is 30.4. The smallest absolute Gasteiger partial charge is 0.348 e. The molecule has 0 heterocycles. The fraction of sp³-hybridized carbons (Fsp3) is 0.758. The van der Waals surface area contributed by atoms with E-state index in [1.807, 2.05) is 14.4 Å². The summed E-state index contributed by atoms with van der Waals surface area (Å²) in [4.78, 5) is 3.27. The molecule has 2 aromatic rings. The van der Waals surface area contributed by atoms with E-state index in [1.54, 1.807) is 0 Å². The number of rotatable bonds is 48. The molecular weight excluding hydrogens is 879 g/mol. The molecule has 0 fully saturated rings. The zero-order valence-electron chi connectivity index (χ0n) is 46.7. The van der Waals surface area contributed by atoms with Crippen molar-refractivity contribution in [3.05, 3.63) is 88.0 Å². The second-order valence-corrected chi connectivity index (χ2v) is 22.3. The zero-order valence-corrected chi connectivity index (χ0v) is 47.7. The molecule has 398 valence electrons. The van der Waals surface area contributed by atoms with Gasteiger partial charge in [0.2, 0.25) is 0 Å². The predicted octanol–water partition coefficient (Wildman–Crippen LogP) is 23.0. The minimum Gasteiger partial charge on any atom is -0.348 e. The van der Waals surface area contributed by atoms with Gasteiger partial charge in [-0.1, -0.05) is 179 Å². The van der Waals surface area contributed by atoms with E-state index in [4.69, 9.17) is 0 Å². The van der Waals surface area contributed by atoms with Crippen LogP contribution in [0.2, 0.25) is 10.8 Å². The molecule has 0 aliphatic rings. The second kappa shape index (κ2) is 52.2. The van der Waals surface area contributed by atoms with Crippen LogP contribution in [0.15, 0.2) is 60.2 Å². The molecule has 69 heavy (non-hydrogen) atoms. The number of hydrogen-bond acceptors (Lipinski definition) is 0. The van der Waals surface area contributed by atoms with Crippen LogP contribution in [0.5, 0.6) is 0 Å². The normalized spacial score (nSPS) is 11.4. The van der Waals surface area contributed by atoms with Crippen LogP contribution in [0.3, 0.4) is 0 Å². The van der Waals surface area contributed by atoms with Crippen molar-refractivity contribution in [3.8, 4) is 0 Å². The van der Waals surface area contributed by atoms with Gasteiger partial charge >= 0.3 is 172 Å². The van der Waals surface area contributed by atoms with Crippen LogP contribution < -0.4 is 0 Å². The number of allylic oxidation sites excluding steroid dienone is 2. The third-order valence-corrected chi connectivity index (χ3v) is 15.5. The van der Waals surface area contributed by atoms with Crippen LogP contribution in [0.4, 0.5) is 0 Å². The molecule has 0 saturated carbocycles. The van der Waals surface area contributed by atoms with Gasteiger partial charge in [-0.25, -0.2) is 0 Å². The first-order chi connectivity index (χ1) is 34.1. The summed E-state index contributed by atoms with van der Waals surface area (Å²) < 4.78 is 0. The van der Waals surface area contributed by atoms with Crippen molar-refractivity contribution in [1.82, 2.24) is 0 Å².